The lowest BCUT2D eigenvalue weighted by atomic mass is 10.0. The Balaban J connectivity index is 1.49. The molecule has 4 aromatic rings. The van der Waals surface area contributed by atoms with Gasteiger partial charge in [-0.2, -0.15) is 5.10 Å². The zero-order valence-electron chi connectivity index (χ0n) is 16.3. The Morgan fingerprint density at radius 1 is 0.933 bits per heavy atom. The second-order valence-electron chi connectivity index (χ2n) is 6.92. The molecule has 2 aromatic carbocycles. The highest BCUT2D eigenvalue weighted by Gasteiger charge is 2.32. The highest BCUT2D eigenvalue weighted by Crippen LogP contribution is 2.43. The van der Waals surface area contributed by atoms with Gasteiger partial charge in [-0.3, -0.25) is 0 Å². The number of benzene rings is 2. The summed E-state index contributed by atoms with van der Waals surface area (Å²) in [6.45, 7) is 1.97. The van der Waals surface area contributed by atoms with Crippen molar-refractivity contribution in [1.29, 1.82) is 0 Å². The Morgan fingerprint density at radius 3 is 2.43 bits per heavy atom. The number of thiazole rings is 1. The van der Waals surface area contributed by atoms with E-state index < -0.39 is 0 Å². The largest absolute Gasteiger partial charge is 0.230 e. The molecule has 0 radical (unpaired) electrons. The molecule has 30 heavy (non-hydrogen) atoms. The zero-order valence-corrected chi connectivity index (χ0v) is 18.0. The van der Waals surface area contributed by atoms with E-state index in [4.69, 9.17) is 10.1 Å². The molecule has 2 aromatic heterocycles. The molecule has 5 nitrogen and oxygen atoms in total. The van der Waals surface area contributed by atoms with Gasteiger partial charge in [0.05, 0.1) is 23.1 Å². The van der Waals surface area contributed by atoms with Gasteiger partial charge in [-0.1, -0.05) is 65.9 Å². The number of aromatic nitrogens is 1. The van der Waals surface area contributed by atoms with E-state index in [9.17, 15) is 0 Å². The van der Waals surface area contributed by atoms with Gasteiger partial charge in [0.15, 0.2) is 5.00 Å². The fraction of sp³-hybridized carbons (Fsp3) is 0.130. The number of thiophene rings is 1. The van der Waals surface area contributed by atoms with E-state index in [1.54, 1.807) is 11.3 Å². The maximum absolute atomic E-state index is 4.97. The molecule has 0 saturated carbocycles. The fourth-order valence-corrected chi connectivity index (χ4v) is 5.06. The molecular weight excluding hydrogens is 410 g/mol. The molecule has 0 spiro atoms. The van der Waals surface area contributed by atoms with E-state index in [1.165, 1.54) is 16.2 Å². The van der Waals surface area contributed by atoms with Crippen molar-refractivity contribution in [3.63, 3.8) is 0 Å². The lowest BCUT2D eigenvalue weighted by Gasteiger charge is -2.19. The third-order valence-corrected chi connectivity index (χ3v) is 6.86. The summed E-state index contributed by atoms with van der Waals surface area (Å²) in [5.41, 5.74) is 3.92. The molecule has 1 atom stereocenters. The first-order chi connectivity index (χ1) is 14.8. The van der Waals surface area contributed by atoms with Crippen LogP contribution in [-0.2, 0) is 0 Å². The van der Waals surface area contributed by atoms with Crippen molar-refractivity contribution in [3.05, 3.63) is 94.3 Å². The molecule has 3 heterocycles. The maximum atomic E-state index is 4.97. The first-order valence-electron chi connectivity index (χ1n) is 9.68. The average Bonchev–Trinajstić information content (AvgIpc) is 3.53. The van der Waals surface area contributed by atoms with Gasteiger partial charge in [-0.15, -0.1) is 21.6 Å². The van der Waals surface area contributed by atoms with Crippen molar-refractivity contribution in [2.75, 3.05) is 5.01 Å². The second-order valence-corrected chi connectivity index (χ2v) is 8.85. The predicted molar refractivity (Wildman–Crippen MR) is 125 cm³/mol. The first kappa shape index (κ1) is 18.8. The highest BCUT2D eigenvalue weighted by molar-refractivity contribution is 7.19. The average molecular weight is 430 g/mol. The van der Waals surface area contributed by atoms with Crippen LogP contribution in [0.5, 0.6) is 0 Å². The zero-order chi connectivity index (χ0) is 20.3. The van der Waals surface area contributed by atoms with Crippen LogP contribution in [0, 0.1) is 6.92 Å². The van der Waals surface area contributed by atoms with E-state index >= 15 is 0 Å². The number of hydrazone groups is 1. The Morgan fingerprint density at radius 2 is 1.70 bits per heavy atom. The van der Waals surface area contributed by atoms with Gasteiger partial charge in [-0.25, -0.2) is 9.99 Å². The summed E-state index contributed by atoms with van der Waals surface area (Å²) in [5.74, 6) is 0. The third-order valence-electron chi connectivity index (χ3n) is 4.86. The van der Waals surface area contributed by atoms with E-state index in [0.717, 1.165) is 39.2 Å². The van der Waals surface area contributed by atoms with Gasteiger partial charge < -0.3 is 0 Å². The molecule has 148 valence electrons. The van der Waals surface area contributed by atoms with Crippen LogP contribution < -0.4 is 5.01 Å². The molecule has 1 aliphatic rings. The molecule has 0 saturated heterocycles. The molecular formula is C23H19N5S2. The van der Waals surface area contributed by atoms with Crippen molar-refractivity contribution in [1.82, 2.24) is 4.98 Å². The topological polar surface area (TPSA) is 53.2 Å². The minimum absolute atomic E-state index is 0.143. The van der Waals surface area contributed by atoms with Crippen molar-refractivity contribution >= 4 is 44.2 Å². The number of rotatable bonds is 5. The minimum Gasteiger partial charge on any atom is -0.230 e. The van der Waals surface area contributed by atoms with Gasteiger partial charge in [0.25, 0.3) is 0 Å². The third kappa shape index (κ3) is 3.81. The number of azo groups is 1. The van der Waals surface area contributed by atoms with Crippen LogP contribution in [0.1, 0.15) is 28.6 Å². The SMILES string of the molecule is Cc1nc(N2N=C(c3ccccc3)CC2c2cccs2)sc1N=Nc1ccccc1. The van der Waals surface area contributed by atoms with Crippen LogP contribution in [0.3, 0.4) is 0 Å². The van der Waals surface area contributed by atoms with Crippen LogP contribution in [0.25, 0.3) is 0 Å². The monoisotopic (exact) mass is 429 g/mol. The molecule has 7 heteroatoms. The summed E-state index contributed by atoms with van der Waals surface area (Å²) in [6.07, 6.45) is 0.851. The standard InChI is InChI=1S/C23H19N5S2/c1-16-22(26-25-18-11-6-3-7-12-18)30-23(24-16)28-20(21-13-8-14-29-21)15-19(27-28)17-9-4-2-5-10-17/h2-14,20H,15H2,1H3. The normalized spacial score (nSPS) is 16.4. The van der Waals surface area contributed by atoms with Crippen LogP contribution in [-0.4, -0.2) is 10.7 Å². The van der Waals surface area contributed by atoms with Crippen LogP contribution in [0.15, 0.2) is 93.5 Å². The molecule has 0 aliphatic carbocycles. The van der Waals surface area contributed by atoms with Crippen molar-refractivity contribution in [3.8, 4) is 0 Å². The van der Waals surface area contributed by atoms with E-state index in [-0.39, 0.29) is 6.04 Å². The number of aryl methyl sites for hydroxylation is 1. The number of hydrogen-bond acceptors (Lipinski definition) is 7. The smallest absolute Gasteiger partial charge is 0.208 e. The molecule has 1 aliphatic heterocycles. The van der Waals surface area contributed by atoms with Crippen LogP contribution in [0.4, 0.5) is 15.8 Å². The number of nitrogens with zero attached hydrogens (tertiary/aromatic N) is 5. The van der Waals surface area contributed by atoms with Crippen molar-refractivity contribution < 1.29 is 0 Å². The molecule has 5 rings (SSSR count). The Labute approximate surface area is 183 Å². The summed E-state index contributed by atoms with van der Waals surface area (Å²) >= 11 is 3.28. The fourth-order valence-electron chi connectivity index (χ4n) is 3.36. The van der Waals surface area contributed by atoms with Crippen LogP contribution >= 0.6 is 22.7 Å². The van der Waals surface area contributed by atoms with Crippen molar-refractivity contribution in [2.45, 2.75) is 19.4 Å². The first-order valence-corrected chi connectivity index (χ1v) is 11.4. The van der Waals surface area contributed by atoms with Gasteiger partial charge >= 0.3 is 0 Å². The summed E-state index contributed by atoms with van der Waals surface area (Å²) < 4.78 is 0. The summed E-state index contributed by atoms with van der Waals surface area (Å²) in [7, 11) is 0. The van der Waals surface area contributed by atoms with Crippen LogP contribution in [0.2, 0.25) is 0 Å². The molecule has 0 fully saturated rings. The Kier molecular flexibility index (Phi) is 5.21. The number of hydrogen-bond donors (Lipinski definition) is 0. The molecule has 1 unspecified atom stereocenters. The van der Waals surface area contributed by atoms with E-state index in [2.05, 4.69) is 52.0 Å². The second kappa shape index (κ2) is 8.30. The van der Waals surface area contributed by atoms with Gasteiger partial charge in [0, 0.05) is 11.3 Å². The Hall–Kier alpha value is -3.16. The lowest BCUT2D eigenvalue weighted by Crippen LogP contribution is -2.17. The van der Waals surface area contributed by atoms with Crippen molar-refractivity contribution in [2.24, 2.45) is 15.3 Å². The van der Waals surface area contributed by atoms with Gasteiger partial charge in [0.2, 0.25) is 5.13 Å². The Bertz CT molecular complexity index is 1180. The predicted octanol–water partition coefficient (Wildman–Crippen LogP) is 7.28. The highest BCUT2D eigenvalue weighted by atomic mass is 32.1. The summed E-state index contributed by atoms with van der Waals surface area (Å²) in [6, 6.07) is 24.5. The molecule has 0 bridgehead atoms. The van der Waals surface area contributed by atoms with E-state index in [0.29, 0.717) is 0 Å². The lowest BCUT2D eigenvalue weighted by molar-refractivity contribution is 0.718. The summed E-state index contributed by atoms with van der Waals surface area (Å²) in [4.78, 5) is 6.06. The molecule has 0 amide bonds. The maximum Gasteiger partial charge on any atom is 0.208 e. The van der Waals surface area contributed by atoms with Gasteiger partial charge in [0.1, 0.15) is 0 Å². The number of anilines is 1. The summed E-state index contributed by atoms with van der Waals surface area (Å²) in [5, 5.41) is 19.6. The minimum atomic E-state index is 0.143. The van der Waals surface area contributed by atoms with E-state index in [1.807, 2.05) is 48.3 Å². The molecule has 0 N–H and O–H groups in total. The quantitative estimate of drug-likeness (QED) is 0.313. The van der Waals surface area contributed by atoms with Gasteiger partial charge in [-0.05, 0) is 36.1 Å².